The van der Waals surface area contributed by atoms with Crippen LogP contribution in [-0.4, -0.2) is 37.2 Å². The standard InChI is InChI=1S/C25H20N8O/c1-16(14-26)25(34)32(19-5-3-2-4-6-19)11-12-33-24-21(23(27)29-15-30-24)22(31-33)18-8-7-17-9-10-28-20(17)13-18/h2-10,13,15,28H,1,11-12H2,(H2,27,29,30). The number of nitrogens with one attached hydrogen (secondary N) is 1. The highest BCUT2D eigenvalue weighted by molar-refractivity contribution is 6.07. The van der Waals surface area contributed by atoms with Crippen molar-refractivity contribution in [3.05, 3.63) is 79.3 Å². The molecular formula is C25H20N8O. The molecular weight excluding hydrogens is 428 g/mol. The highest BCUT2D eigenvalue weighted by Crippen LogP contribution is 2.31. The molecule has 3 aromatic heterocycles. The summed E-state index contributed by atoms with van der Waals surface area (Å²) in [7, 11) is 0. The molecule has 3 heterocycles. The first kappa shape index (κ1) is 20.9. The highest BCUT2D eigenvalue weighted by Gasteiger charge is 2.21. The van der Waals surface area contributed by atoms with Crippen LogP contribution in [0.4, 0.5) is 11.5 Å². The zero-order valence-electron chi connectivity index (χ0n) is 18.1. The van der Waals surface area contributed by atoms with E-state index in [0.29, 0.717) is 34.8 Å². The predicted octanol–water partition coefficient (Wildman–Crippen LogP) is 3.67. The van der Waals surface area contributed by atoms with E-state index in [1.165, 1.54) is 11.2 Å². The zero-order valence-corrected chi connectivity index (χ0v) is 18.1. The van der Waals surface area contributed by atoms with Gasteiger partial charge in [0, 0.05) is 29.5 Å². The third kappa shape index (κ3) is 3.63. The number of aromatic amines is 1. The summed E-state index contributed by atoms with van der Waals surface area (Å²) in [5, 5.41) is 15.7. The van der Waals surface area contributed by atoms with Gasteiger partial charge in [-0.1, -0.05) is 36.9 Å². The molecule has 0 saturated heterocycles. The Kier molecular flexibility index (Phi) is 5.24. The summed E-state index contributed by atoms with van der Waals surface area (Å²) >= 11 is 0. The number of carbonyl (C=O) groups excluding carboxylic acids is 1. The van der Waals surface area contributed by atoms with Crippen molar-refractivity contribution in [1.82, 2.24) is 24.7 Å². The van der Waals surface area contributed by atoms with Crippen molar-refractivity contribution in [2.75, 3.05) is 17.2 Å². The molecule has 5 rings (SSSR count). The van der Waals surface area contributed by atoms with Crippen molar-refractivity contribution >= 4 is 39.3 Å². The van der Waals surface area contributed by atoms with Crippen molar-refractivity contribution in [1.29, 1.82) is 5.26 Å². The molecule has 0 spiro atoms. The molecule has 0 fully saturated rings. The molecule has 0 aliphatic rings. The van der Waals surface area contributed by atoms with Gasteiger partial charge in [-0.05, 0) is 29.7 Å². The lowest BCUT2D eigenvalue weighted by Gasteiger charge is -2.22. The topological polar surface area (TPSA) is 130 Å². The summed E-state index contributed by atoms with van der Waals surface area (Å²) in [6.07, 6.45) is 3.28. The Hall–Kier alpha value is -4.97. The van der Waals surface area contributed by atoms with Crippen molar-refractivity contribution in [3.63, 3.8) is 0 Å². The lowest BCUT2D eigenvalue weighted by Crippen LogP contribution is -2.34. The summed E-state index contributed by atoms with van der Waals surface area (Å²) in [4.78, 5) is 26.2. The molecule has 9 nitrogen and oxygen atoms in total. The van der Waals surface area contributed by atoms with Gasteiger partial charge < -0.3 is 15.6 Å². The second-order valence-corrected chi connectivity index (χ2v) is 7.69. The quantitative estimate of drug-likeness (QED) is 0.301. The average Bonchev–Trinajstić information content (AvgIpc) is 3.49. The van der Waals surface area contributed by atoms with E-state index < -0.39 is 5.91 Å². The SMILES string of the molecule is C=C(C#N)C(=O)N(CCn1nc(-c2ccc3cc[nH]c3c2)c2c(N)ncnc21)c1ccccc1. The number of H-pyrrole nitrogens is 1. The van der Waals surface area contributed by atoms with Crippen molar-refractivity contribution in [3.8, 4) is 17.3 Å². The number of amides is 1. The van der Waals surface area contributed by atoms with Crippen LogP contribution in [0, 0.1) is 11.3 Å². The molecule has 0 aliphatic carbocycles. The fourth-order valence-electron chi connectivity index (χ4n) is 3.94. The molecule has 0 aliphatic heterocycles. The van der Waals surface area contributed by atoms with Crippen molar-refractivity contribution in [2.45, 2.75) is 6.54 Å². The van der Waals surface area contributed by atoms with Crippen LogP contribution in [-0.2, 0) is 11.3 Å². The Morgan fingerprint density at radius 1 is 1.18 bits per heavy atom. The lowest BCUT2D eigenvalue weighted by molar-refractivity contribution is -0.114. The molecule has 0 bridgehead atoms. The van der Waals surface area contributed by atoms with Crippen molar-refractivity contribution < 1.29 is 4.79 Å². The van der Waals surface area contributed by atoms with Gasteiger partial charge in [0.1, 0.15) is 29.5 Å². The third-order valence-corrected chi connectivity index (χ3v) is 5.63. The van der Waals surface area contributed by atoms with Crippen LogP contribution in [0.2, 0.25) is 0 Å². The van der Waals surface area contributed by atoms with Gasteiger partial charge >= 0.3 is 0 Å². The summed E-state index contributed by atoms with van der Waals surface area (Å²) in [6, 6.07) is 19.0. The van der Waals surface area contributed by atoms with Gasteiger partial charge in [0.25, 0.3) is 5.91 Å². The van der Waals surface area contributed by atoms with Crippen LogP contribution in [0.3, 0.4) is 0 Å². The molecule has 3 N–H and O–H groups in total. The third-order valence-electron chi connectivity index (χ3n) is 5.63. The number of para-hydroxylation sites is 1. The Labute approximate surface area is 194 Å². The number of hydrogen-bond acceptors (Lipinski definition) is 6. The van der Waals surface area contributed by atoms with E-state index in [1.807, 2.05) is 54.7 Å². The smallest absolute Gasteiger partial charge is 0.268 e. The van der Waals surface area contributed by atoms with Gasteiger partial charge in [0.2, 0.25) is 0 Å². The van der Waals surface area contributed by atoms with E-state index in [-0.39, 0.29) is 12.1 Å². The maximum absolute atomic E-state index is 12.9. The first-order valence-corrected chi connectivity index (χ1v) is 10.6. The zero-order chi connectivity index (χ0) is 23.7. The van der Waals surface area contributed by atoms with Crippen LogP contribution >= 0.6 is 0 Å². The van der Waals surface area contributed by atoms with E-state index in [9.17, 15) is 10.1 Å². The molecule has 34 heavy (non-hydrogen) atoms. The normalized spacial score (nSPS) is 10.9. The molecule has 2 aromatic carbocycles. The molecule has 9 heteroatoms. The van der Waals surface area contributed by atoms with E-state index in [4.69, 9.17) is 10.8 Å². The number of nitrogens with zero attached hydrogens (tertiary/aromatic N) is 6. The fraction of sp³-hybridized carbons (Fsp3) is 0.0800. The molecule has 166 valence electrons. The molecule has 0 saturated carbocycles. The van der Waals surface area contributed by atoms with E-state index in [0.717, 1.165) is 16.5 Å². The predicted molar refractivity (Wildman–Crippen MR) is 131 cm³/mol. The van der Waals surface area contributed by atoms with Crippen LogP contribution in [0.15, 0.2) is 79.3 Å². The number of nitrogens with two attached hydrogens (primary N) is 1. The highest BCUT2D eigenvalue weighted by atomic mass is 16.2. The molecule has 0 unspecified atom stereocenters. The van der Waals surface area contributed by atoms with Gasteiger partial charge in [-0.3, -0.25) is 4.79 Å². The largest absolute Gasteiger partial charge is 0.383 e. The van der Waals surface area contributed by atoms with E-state index >= 15 is 0 Å². The number of nitriles is 1. The number of anilines is 2. The summed E-state index contributed by atoms with van der Waals surface area (Å²) < 4.78 is 1.71. The molecule has 5 aromatic rings. The second kappa shape index (κ2) is 8.52. The van der Waals surface area contributed by atoms with Crippen LogP contribution in [0.1, 0.15) is 0 Å². The fourth-order valence-corrected chi connectivity index (χ4v) is 3.94. The number of benzene rings is 2. The van der Waals surface area contributed by atoms with Crippen LogP contribution < -0.4 is 10.6 Å². The Morgan fingerprint density at radius 3 is 2.79 bits per heavy atom. The molecule has 0 atom stereocenters. The van der Waals surface area contributed by atoms with Gasteiger partial charge in [-0.25, -0.2) is 14.6 Å². The van der Waals surface area contributed by atoms with Crippen molar-refractivity contribution in [2.24, 2.45) is 0 Å². The summed E-state index contributed by atoms with van der Waals surface area (Å²) in [5.41, 5.74) is 9.82. The van der Waals surface area contributed by atoms with Gasteiger partial charge in [-0.2, -0.15) is 10.4 Å². The minimum atomic E-state index is -0.461. The average molecular weight is 448 g/mol. The minimum absolute atomic E-state index is 0.138. The minimum Gasteiger partial charge on any atom is -0.383 e. The van der Waals surface area contributed by atoms with Gasteiger partial charge in [0.15, 0.2) is 5.65 Å². The lowest BCUT2D eigenvalue weighted by atomic mass is 10.1. The summed E-state index contributed by atoms with van der Waals surface area (Å²) in [5.74, 6) is -0.136. The first-order chi connectivity index (χ1) is 16.6. The van der Waals surface area contributed by atoms with E-state index in [1.54, 1.807) is 16.8 Å². The Balaban J connectivity index is 1.55. The number of aromatic nitrogens is 5. The number of nitrogen functional groups attached to an aromatic ring is 1. The van der Waals surface area contributed by atoms with Crippen LogP contribution in [0.25, 0.3) is 33.2 Å². The van der Waals surface area contributed by atoms with Gasteiger partial charge in [0.05, 0.1) is 11.9 Å². The number of fused-ring (bicyclic) bond motifs is 2. The summed E-state index contributed by atoms with van der Waals surface area (Å²) in [6.45, 7) is 4.15. The molecule has 1 amide bonds. The van der Waals surface area contributed by atoms with Crippen LogP contribution in [0.5, 0.6) is 0 Å². The Bertz CT molecular complexity index is 1580. The number of hydrogen-bond donors (Lipinski definition) is 2. The number of rotatable bonds is 6. The monoisotopic (exact) mass is 448 g/mol. The maximum Gasteiger partial charge on any atom is 0.268 e. The van der Waals surface area contributed by atoms with E-state index in [2.05, 4.69) is 21.5 Å². The Morgan fingerprint density at radius 2 is 2.00 bits per heavy atom. The molecule has 0 radical (unpaired) electrons. The number of carbonyl (C=O) groups is 1. The second-order valence-electron chi connectivity index (χ2n) is 7.69. The van der Waals surface area contributed by atoms with Gasteiger partial charge in [-0.15, -0.1) is 0 Å². The maximum atomic E-state index is 12.9. The first-order valence-electron chi connectivity index (χ1n) is 10.6.